The van der Waals surface area contributed by atoms with E-state index in [0.717, 1.165) is 0 Å². The lowest BCUT2D eigenvalue weighted by Crippen LogP contribution is -2.19. The summed E-state index contributed by atoms with van der Waals surface area (Å²) in [6, 6.07) is 5.42. The van der Waals surface area contributed by atoms with Crippen molar-refractivity contribution < 1.29 is 27.5 Å². The minimum absolute atomic E-state index is 0.0986. The summed E-state index contributed by atoms with van der Waals surface area (Å²) in [6.45, 7) is 0.952. The molecule has 0 aromatic heterocycles. The second-order valence-electron chi connectivity index (χ2n) is 3.52. The Bertz CT molecular complexity index is 581. The van der Waals surface area contributed by atoms with Gasteiger partial charge in [0.25, 0.3) is 0 Å². The molecule has 0 heterocycles. The van der Waals surface area contributed by atoms with E-state index in [4.69, 9.17) is 9.88 Å². The quantitative estimate of drug-likeness (QED) is 0.605. The predicted molar refractivity (Wildman–Crippen MR) is 64.7 cm³/mol. The molecule has 1 aromatic rings. The topological polar surface area (TPSA) is 113 Å². The zero-order chi connectivity index (χ0) is 14.5. The molecule has 0 atom stereocenters. The summed E-state index contributed by atoms with van der Waals surface area (Å²) in [6.07, 6.45) is 0. The van der Waals surface area contributed by atoms with E-state index in [-0.39, 0.29) is 23.7 Å². The number of hydrogen-bond acceptors (Lipinski definition) is 6. The number of rotatable bonds is 5. The van der Waals surface area contributed by atoms with E-state index in [1.807, 2.05) is 0 Å². The maximum absolute atomic E-state index is 11.7. The number of benzene rings is 1. The number of carbonyl (C=O) groups excluding carboxylic acids is 2. The molecule has 2 N–H and O–H groups in total. The van der Waals surface area contributed by atoms with Crippen molar-refractivity contribution >= 4 is 22.0 Å². The van der Waals surface area contributed by atoms with Crippen molar-refractivity contribution in [2.45, 2.75) is 11.8 Å². The van der Waals surface area contributed by atoms with Gasteiger partial charge in [-0.15, -0.1) is 0 Å². The molecule has 0 fully saturated rings. The molecule has 0 amide bonds. The van der Waals surface area contributed by atoms with E-state index in [1.165, 1.54) is 31.2 Å². The Kier molecular flexibility index (Phi) is 5.02. The number of esters is 2. The summed E-state index contributed by atoms with van der Waals surface area (Å²) in [5, 5.41) is 4.99. The third kappa shape index (κ3) is 4.68. The zero-order valence-electron chi connectivity index (χ0n) is 10.2. The first-order valence-corrected chi connectivity index (χ1v) is 6.79. The van der Waals surface area contributed by atoms with Crippen molar-refractivity contribution in [2.24, 2.45) is 5.14 Å². The summed E-state index contributed by atoms with van der Waals surface area (Å²) < 4.78 is 31.9. The predicted octanol–water partition coefficient (Wildman–Crippen LogP) is 0.0539. The normalized spacial score (nSPS) is 10.8. The lowest BCUT2D eigenvalue weighted by molar-refractivity contribution is -0.142. The van der Waals surface area contributed by atoms with Crippen molar-refractivity contribution in [3.63, 3.8) is 0 Å². The van der Waals surface area contributed by atoms with Crippen LogP contribution in [0.2, 0.25) is 0 Å². The van der Waals surface area contributed by atoms with Crippen LogP contribution in [0.3, 0.4) is 0 Å². The molecule has 0 radical (unpaired) electrons. The molecule has 0 spiro atoms. The number of nitrogens with two attached hydrogens (primary N) is 1. The Morgan fingerprint density at radius 3 is 2.32 bits per heavy atom. The molecule has 0 saturated heterocycles. The van der Waals surface area contributed by atoms with Crippen molar-refractivity contribution in [1.29, 1.82) is 0 Å². The molecule has 104 valence electrons. The van der Waals surface area contributed by atoms with Crippen LogP contribution in [0.25, 0.3) is 0 Å². The van der Waals surface area contributed by atoms with Crippen molar-refractivity contribution in [3.05, 3.63) is 29.8 Å². The van der Waals surface area contributed by atoms with Gasteiger partial charge in [-0.3, -0.25) is 4.79 Å². The van der Waals surface area contributed by atoms with Crippen molar-refractivity contribution in [1.82, 2.24) is 0 Å². The highest BCUT2D eigenvalue weighted by molar-refractivity contribution is 7.89. The molecule has 0 aliphatic carbocycles. The fourth-order valence-electron chi connectivity index (χ4n) is 1.28. The van der Waals surface area contributed by atoms with Crippen LogP contribution in [-0.4, -0.2) is 33.6 Å². The summed E-state index contributed by atoms with van der Waals surface area (Å²) in [5.41, 5.74) is -0.159. The highest BCUT2D eigenvalue weighted by Crippen LogP contribution is 2.14. The Morgan fingerprint density at radius 1 is 1.16 bits per heavy atom. The average Bonchev–Trinajstić information content (AvgIpc) is 2.33. The maximum Gasteiger partial charge on any atom is 0.339 e. The number of carbonyl (C=O) groups is 2. The van der Waals surface area contributed by atoms with Gasteiger partial charge in [-0.2, -0.15) is 0 Å². The van der Waals surface area contributed by atoms with Gasteiger partial charge in [-0.25, -0.2) is 18.4 Å². The van der Waals surface area contributed by atoms with Crippen LogP contribution in [0.5, 0.6) is 0 Å². The van der Waals surface area contributed by atoms with Crippen LogP contribution in [-0.2, 0) is 24.3 Å². The fourth-order valence-corrected chi connectivity index (χ4v) is 2.01. The van der Waals surface area contributed by atoms with Gasteiger partial charge in [0.2, 0.25) is 10.0 Å². The molecule has 19 heavy (non-hydrogen) atoms. The Labute approximate surface area is 110 Å². The van der Waals surface area contributed by atoms with Crippen LogP contribution >= 0.6 is 0 Å². The Morgan fingerprint density at radius 2 is 1.74 bits per heavy atom. The second kappa shape index (κ2) is 6.30. The van der Waals surface area contributed by atoms with Crippen LogP contribution in [0.15, 0.2) is 29.2 Å². The van der Waals surface area contributed by atoms with Gasteiger partial charge in [-0.1, -0.05) is 12.1 Å². The molecule has 8 heteroatoms. The van der Waals surface area contributed by atoms with E-state index in [2.05, 4.69) is 4.74 Å². The van der Waals surface area contributed by atoms with Gasteiger partial charge in [0.05, 0.1) is 10.5 Å². The number of sulfonamides is 1. The summed E-state index contributed by atoms with van der Waals surface area (Å²) in [4.78, 5) is 21.8. The standard InChI is InChI=1S/C11H13NO6S/c1-8(13)17-6-7-18-11(14)9-4-2-3-5-10(9)19(12,15)16/h2-5H,6-7H2,1H3,(H2,12,15,16). The molecule has 0 bridgehead atoms. The second-order valence-corrected chi connectivity index (χ2v) is 5.05. The lowest BCUT2D eigenvalue weighted by Gasteiger charge is -2.08. The average molecular weight is 287 g/mol. The molecular formula is C11H13NO6S. The first-order chi connectivity index (χ1) is 8.82. The van der Waals surface area contributed by atoms with E-state index in [9.17, 15) is 18.0 Å². The van der Waals surface area contributed by atoms with Crippen LogP contribution in [0, 0.1) is 0 Å². The first kappa shape index (κ1) is 15.1. The first-order valence-electron chi connectivity index (χ1n) is 5.24. The molecule has 1 rings (SSSR count). The number of hydrogen-bond donors (Lipinski definition) is 1. The van der Waals surface area contributed by atoms with Gasteiger partial charge >= 0.3 is 11.9 Å². The highest BCUT2D eigenvalue weighted by Gasteiger charge is 2.19. The molecule has 7 nitrogen and oxygen atoms in total. The van der Waals surface area contributed by atoms with Gasteiger partial charge < -0.3 is 9.47 Å². The third-order valence-electron chi connectivity index (χ3n) is 2.04. The van der Waals surface area contributed by atoms with Crippen molar-refractivity contribution in [2.75, 3.05) is 13.2 Å². The Balaban J connectivity index is 2.75. The lowest BCUT2D eigenvalue weighted by atomic mass is 10.2. The van der Waals surface area contributed by atoms with Gasteiger partial charge in [0.1, 0.15) is 13.2 Å². The van der Waals surface area contributed by atoms with Gasteiger partial charge in [-0.05, 0) is 12.1 Å². The molecular weight excluding hydrogens is 274 g/mol. The SMILES string of the molecule is CC(=O)OCCOC(=O)c1ccccc1S(N)(=O)=O. The largest absolute Gasteiger partial charge is 0.462 e. The maximum atomic E-state index is 11.7. The summed E-state index contributed by atoms with van der Waals surface area (Å²) in [5.74, 6) is -1.35. The summed E-state index contributed by atoms with van der Waals surface area (Å²) >= 11 is 0. The van der Waals surface area contributed by atoms with Crippen LogP contribution in [0.1, 0.15) is 17.3 Å². The zero-order valence-corrected chi connectivity index (χ0v) is 11.0. The third-order valence-corrected chi connectivity index (χ3v) is 3.00. The number of ether oxygens (including phenoxy) is 2. The Hall–Kier alpha value is -1.93. The monoisotopic (exact) mass is 287 g/mol. The van der Waals surface area contributed by atoms with E-state index in [0.29, 0.717) is 0 Å². The number of primary sulfonamides is 1. The molecule has 0 aliphatic rings. The molecule has 0 saturated carbocycles. The smallest absolute Gasteiger partial charge is 0.339 e. The van der Waals surface area contributed by atoms with Gasteiger partial charge in [0.15, 0.2) is 0 Å². The molecule has 1 aromatic carbocycles. The van der Waals surface area contributed by atoms with Crippen LogP contribution in [0.4, 0.5) is 0 Å². The molecule has 0 unspecified atom stereocenters. The van der Waals surface area contributed by atoms with E-state index < -0.39 is 22.0 Å². The minimum Gasteiger partial charge on any atom is -0.462 e. The highest BCUT2D eigenvalue weighted by atomic mass is 32.2. The minimum atomic E-state index is -4.01. The van der Waals surface area contributed by atoms with Crippen molar-refractivity contribution in [3.8, 4) is 0 Å². The summed E-state index contributed by atoms with van der Waals surface area (Å²) in [7, 11) is -4.01. The van der Waals surface area contributed by atoms with E-state index in [1.54, 1.807) is 0 Å². The fraction of sp³-hybridized carbons (Fsp3) is 0.273. The molecule has 0 aliphatic heterocycles. The van der Waals surface area contributed by atoms with E-state index >= 15 is 0 Å². The van der Waals surface area contributed by atoms with Crippen LogP contribution < -0.4 is 5.14 Å². The van der Waals surface area contributed by atoms with Gasteiger partial charge in [0, 0.05) is 6.92 Å².